The Morgan fingerprint density at radius 2 is 2.21 bits per heavy atom. The van der Waals surface area contributed by atoms with E-state index in [1.807, 2.05) is 12.1 Å². The maximum atomic E-state index is 14.1. The standard InChI is InChI=1S/C18H17FN4O2S3/c19-14-6-2-1-5-13(14)16-23(7-9-26-16)15(24)11-27-18-22-21-17(28-18)20-10-12-4-3-8-25-12/h1-6,8,16H,7,9-11H2,(H,20,21)/t16-/m0/s1. The Bertz CT molecular complexity index is 935. The van der Waals surface area contributed by atoms with Crippen molar-refractivity contribution in [2.45, 2.75) is 16.3 Å². The number of benzene rings is 1. The predicted molar refractivity (Wildman–Crippen MR) is 110 cm³/mol. The Balaban J connectivity index is 1.32. The Hall–Kier alpha value is -2.04. The lowest BCUT2D eigenvalue weighted by atomic mass is 10.2. The largest absolute Gasteiger partial charge is 0.467 e. The fourth-order valence-corrected chi connectivity index (χ4v) is 5.71. The number of hydrogen-bond acceptors (Lipinski definition) is 8. The molecule has 0 bridgehead atoms. The lowest BCUT2D eigenvalue weighted by molar-refractivity contribution is -0.128. The minimum absolute atomic E-state index is 0.0245. The van der Waals surface area contributed by atoms with E-state index in [0.29, 0.717) is 28.1 Å². The molecule has 28 heavy (non-hydrogen) atoms. The van der Waals surface area contributed by atoms with Gasteiger partial charge in [0.25, 0.3) is 0 Å². The second-order valence-corrected chi connectivity index (χ2v) is 9.31. The van der Waals surface area contributed by atoms with E-state index in [1.165, 1.54) is 29.2 Å². The third kappa shape index (κ3) is 4.50. The van der Waals surface area contributed by atoms with Gasteiger partial charge in [0.1, 0.15) is 17.0 Å². The summed E-state index contributed by atoms with van der Waals surface area (Å²) in [6, 6.07) is 10.3. The van der Waals surface area contributed by atoms with Crippen LogP contribution in [0, 0.1) is 5.82 Å². The van der Waals surface area contributed by atoms with Crippen molar-refractivity contribution in [3.05, 3.63) is 59.8 Å². The first-order chi connectivity index (χ1) is 13.7. The summed E-state index contributed by atoms with van der Waals surface area (Å²) in [4.78, 5) is 14.4. The van der Waals surface area contributed by atoms with Gasteiger partial charge in [0.15, 0.2) is 4.34 Å². The number of aromatic nitrogens is 2. The highest BCUT2D eigenvalue weighted by Gasteiger charge is 2.32. The van der Waals surface area contributed by atoms with E-state index in [4.69, 9.17) is 4.42 Å². The van der Waals surface area contributed by atoms with Crippen molar-refractivity contribution < 1.29 is 13.6 Å². The number of hydrogen-bond donors (Lipinski definition) is 1. The van der Waals surface area contributed by atoms with Gasteiger partial charge < -0.3 is 14.6 Å². The first kappa shape index (κ1) is 19.3. The number of amides is 1. The van der Waals surface area contributed by atoms with Crippen LogP contribution in [0.25, 0.3) is 0 Å². The van der Waals surface area contributed by atoms with Crippen LogP contribution in [0.2, 0.25) is 0 Å². The maximum Gasteiger partial charge on any atom is 0.234 e. The number of halogens is 1. The summed E-state index contributed by atoms with van der Waals surface area (Å²) in [7, 11) is 0. The van der Waals surface area contributed by atoms with Crippen LogP contribution in [-0.4, -0.2) is 39.1 Å². The van der Waals surface area contributed by atoms with Crippen LogP contribution in [0.1, 0.15) is 16.7 Å². The van der Waals surface area contributed by atoms with Gasteiger partial charge in [0, 0.05) is 17.9 Å². The van der Waals surface area contributed by atoms with E-state index in [2.05, 4.69) is 15.5 Å². The molecule has 3 heterocycles. The number of rotatable bonds is 7. The minimum atomic E-state index is -0.274. The van der Waals surface area contributed by atoms with E-state index in [1.54, 1.807) is 41.1 Å². The molecule has 146 valence electrons. The summed E-state index contributed by atoms with van der Waals surface area (Å²) >= 11 is 4.33. The zero-order valence-corrected chi connectivity index (χ0v) is 17.2. The Morgan fingerprint density at radius 1 is 1.32 bits per heavy atom. The molecule has 2 aromatic heterocycles. The molecule has 4 rings (SSSR count). The second kappa shape index (κ2) is 8.97. The van der Waals surface area contributed by atoms with Crippen LogP contribution in [-0.2, 0) is 11.3 Å². The molecule has 0 saturated carbocycles. The molecular formula is C18H17FN4O2S3. The Kier molecular flexibility index (Phi) is 6.18. The molecule has 0 unspecified atom stereocenters. The van der Waals surface area contributed by atoms with Crippen LogP contribution in [0.15, 0.2) is 51.4 Å². The average molecular weight is 437 g/mol. The number of carbonyl (C=O) groups excluding carboxylic acids is 1. The van der Waals surface area contributed by atoms with Crippen molar-refractivity contribution in [1.29, 1.82) is 0 Å². The number of nitrogens with zero attached hydrogens (tertiary/aromatic N) is 3. The molecule has 1 fully saturated rings. The van der Waals surface area contributed by atoms with Gasteiger partial charge in [-0.2, -0.15) is 0 Å². The molecule has 1 N–H and O–H groups in total. The summed E-state index contributed by atoms with van der Waals surface area (Å²) in [6.07, 6.45) is 1.62. The van der Waals surface area contributed by atoms with E-state index in [0.717, 1.165) is 11.5 Å². The Labute approximate surface area is 173 Å². The zero-order chi connectivity index (χ0) is 19.3. The van der Waals surface area contributed by atoms with Crippen molar-refractivity contribution >= 4 is 45.9 Å². The van der Waals surface area contributed by atoms with Gasteiger partial charge >= 0.3 is 0 Å². The number of nitrogens with one attached hydrogen (secondary N) is 1. The lowest BCUT2D eigenvalue weighted by Crippen LogP contribution is -2.32. The summed E-state index contributed by atoms with van der Waals surface area (Å²) in [5.41, 5.74) is 0.559. The molecule has 1 aliphatic rings. The summed E-state index contributed by atoms with van der Waals surface area (Å²) < 4.78 is 20.1. The third-order valence-corrected chi connectivity index (χ3v) is 7.34. The topological polar surface area (TPSA) is 71.3 Å². The summed E-state index contributed by atoms with van der Waals surface area (Å²) in [5.74, 6) is 1.56. The SMILES string of the molecule is O=C(CSc1nnc(NCc2ccco2)s1)N1CCS[C@H]1c1ccccc1F. The quantitative estimate of drug-likeness (QED) is 0.555. The molecular weight excluding hydrogens is 419 g/mol. The monoisotopic (exact) mass is 436 g/mol. The van der Waals surface area contributed by atoms with E-state index < -0.39 is 0 Å². The molecule has 1 aromatic carbocycles. The average Bonchev–Trinajstić information content (AvgIpc) is 3.46. The van der Waals surface area contributed by atoms with Gasteiger partial charge in [-0.1, -0.05) is 41.3 Å². The predicted octanol–water partition coefficient (Wildman–Crippen LogP) is 4.25. The first-order valence-electron chi connectivity index (χ1n) is 8.59. The fourth-order valence-electron chi connectivity index (χ4n) is 2.78. The zero-order valence-electron chi connectivity index (χ0n) is 14.7. The van der Waals surface area contributed by atoms with Gasteiger partial charge in [-0.25, -0.2) is 4.39 Å². The Morgan fingerprint density at radius 3 is 3.04 bits per heavy atom. The van der Waals surface area contributed by atoms with Crippen LogP contribution >= 0.6 is 34.9 Å². The molecule has 1 amide bonds. The van der Waals surface area contributed by atoms with Crippen molar-refractivity contribution in [2.75, 3.05) is 23.4 Å². The molecule has 6 nitrogen and oxygen atoms in total. The molecule has 3 aromatic rings. The van der Waals surface area contributed by atoms with Gasteiger partial charge in [-0.3, -0.25) is 4.79 Å². The second-order valence-electron chi connectivity index (χ2n) is 5.93. The molecule has 0 spiro atoms. The smallest absolute Gasteiger partial charge is 0.234 e. The normalized spacial score (nSPS) is 16.5. The number of carbonyl (C=O) groups is 1. The highest BCUT2D eigenvalue weighted by Crippen LogP contribution is 2.39. The van der Waals surface area contributed by atoms with Gasteiger partial charge in [0.05, 0.1) is 18.6 Å². The molecule has 0 aliphatic carbocycles. The molecule has 1 saturated heterocycles. The van der Waals surface area contributed by atoms with Crippen LogP contribution in [0.4, 0.5) is 9.52 Å². The van der Waals surface area contributed by atoms with Gasteiger partial charge in [0.2, 0.25) is 11.0 Å². The van der Waals surface area contributed by atoms with E-state index >= 15 is 0 Å². The molecule has 10 heteroatoms. The highest BCUT2D eigenvalue weighted by atomic mass is 32.2. The summed E-state index contributed by atoms with van der Waals surface area (Å²) in [5, 5.41) is 11.7. The third-order valence-electron chi connectivity index (χ3n) is 4.10. The van der Waals surface area contributed by atoms with Crippen molar-refractivity contribution in [3.8, 4) is 0 Å². The maximum absolute atomic E-state index is 14.1. The van der Waals surface area contributed by atoms with Crippen LogP contribution < -0.4 is 5.32 Å². The van der Waals surface area contributed by atoms with Crippen LogP contribution in [0.3, 0.4) is 0 Å². The number of furan rings is 1. The molecule has 1 aliphatic heterocycles. The van der Waals surface area contributed by atoms with Crippen molar-refractivity contribution in [3.63, 3.8) is 0 Å². The van der Waals surface area contributed by atoms with E-state index in [-0.39, 0.29) is 22.9 Å². The lowest BCUT2D eigenvalue weighted by Gasteiger charge is -2.24. The van der Waals surface area contributed by atoms with Crippen LogP contribution in [0.5, 0.6) is 0 Å². The fraction of sp³-hybridized carbons (Fsp3) is 0.278. The van der Waals surface area contributed by atoms with Gasteiger partial charge in [-0.15, -0.1) is 22.0 Å². The summed E-state index contributed by atoms with van der Waals surface area (Å²) in [6.45, 7) is 1.15. The van der Waals surface area contributed by atoms with Gasteiger partial charge in [-0.05, 0) is 18.2 Å². The number of thioether (sulfide) groups is 2. The van der Waals surface area contributed by atoms with E-state index in [9.17, 15) is 9.18 Å². The minimum Gasteiger partial charge on any atom is -0.467 e. The molecule has 0 radical (unpaired) electrons. The number of anilines is 1. The first-order valence-corrected chi connectivity index (χ1v) is 11.4. The molecule has 1 atom stereocenters. The van der Waals surface area contributed by atoms with Crippen molar-refractivity contribution in [1.82, 2.24) is 15.1 Å². The highest BCUT2D eigenvalue weighted by molar-refractivity contribution is 8.01. The van der Waals surface area contributed by atoms with Crippen molar-refractivity contribution in [2.24, 2.45) is 0 Å².